The number of hydrogen-bond acceptors (Lipinski definition) is 4. The van der Waals surface area contributed by atoms with E-state index in [-0.39, 0.29) is 16.6 Å². The third kappa shape index (κ3) is 3.67. The van der Waals surface area contributed by atoms with E-state index in [9.17, 15) is 12.8 Å². The molecule has 6 nitrogen and oxygen atoms in total. The average Bonchev–Trinajstić information content (AvgIpc) is 2.37. The summed E-state index contributed by atoms with van der Waals surface area (Å²) in [6.07, 6.45) is 0. The van der Waals surface area contributed by atoms with Gasteiger partial charge in [0, 0.05) is 0 Å². The molecule has 4 N–H and O–H groups in total. The first-order valence-electron chi connectivity index (χ1n) is 5.95. The first kappa shape index (κ1) is 16.4. The molecule has 1 atom stereocenters. The molecule has 1 unspecified atom stereocenters. The fourth-order valence-corrected chi connectivity index (χ4v) is 3.31. The first-order valence-corrected chi connectivity index (χ1v) is 7.43. The minimum Gasteiger partial charge on any atom is -0.409 e. The summed E-state index contributed by atoms with van der Waals surface area (Å²) in [5.74, 6) is -1.15. The van der Waals surface area contributed by atoms with E-state index in [4.69, 9.17) is 10.9 Å². The van der Waals surface area contributed by atoms with E-state index in [2.05, 4.69) is 9.88 Å². The van der Waals surface area contributed by atoms with Crippen LogP contribution in [0.2, 0.25) is 0 Å². The molecular formula is C12H18FN3O3S. The number of aryl methyl sites for hydroxylation is 1. The van der Waals surface area contributed by atoms with Crippen LogP contribution in [0.15, 0.2) is 28.3 Å². The summed E-state index contributed by atoms with van der Waals surface area (Å²) in [6, 6.07) is 2.60. The van der Waals surface area contributed by atoms with Gasteiger partial charge in [-0.15, -0.1) is 0 Å². The van der Waals surface area contributed by atoms with Crippen LogP contribution in [-0.4, -0.2) is 25.5 Å². The molecule has 0 amide bonds. The number of rotatable bonds is 5. The second-order valence-electron chi connectivity index (χ2n) is 4.78. The van der Waals surface area contributed by atoms with Crippen LogP contribution in [0.1, 0.15) is 19.4 Å². The van der Waals surface area contributed by atoms with Crippen molar-refractivity contribution < 1.29 is 18.0 Å². The first-order chi connectivity index (χ1) is 9.19. The quantitative estimate of drug-likeness (QED) is 0.329. The summed E-state index contributed by atoms with van der Waals surface area (Å²) in [7, 11) is -3.97. The van der Waals surface area contributed by atoms with Crippen molar-refractivity contribution in [2.75, 3.05) is 0 Å². The van der Waals surface area contributed by atoms with Crippen molar-refractivity contribution in [2.24, 2.45) is 16.8 Å². The SMILES string of the molecule is Cc1ccc(F)cc1S(=O)(=O)NC(C(N)=NO)C(C)C. The standard InChI is InChI=1S/C12H18FN3O3S/c1-7(2)11(12(14)15-17)16-20(18,19)10-6-9(13)5-4-8(10)3/h4-7,11,16-17H,1-3H3,(H2,14,15). The van der Waals surface area contributed by atoms with E-state index >= 15 is 0 Å². The third-order valence-electron chi connectivity index (χ3n) is 2.82. The Hall–Kier alpha value is -1.67. The van der Waals surface area contributed by atoms with Crippen molar-refractivity contribution in [3.05, 3.63) is 29.6 Å². The zero-order valence-electron chi connectivity index (χ0n) is 11.5. The fourth-order valence-electron chi connectivity index (χ4n) is 1.69. The second kappa shape index (κ2) is 6.19. The lowest BCUT2D eigenvalue weighted by Crippen LogP contribution is -2.47. The van der Waals surface area contributed by atoms with Crippen LogP contribution < -0.4 is 10.5 Å². The van der Waals surface area contributed by atoms with Crippen molar-refractivity contribution in [3.63, 3.8) is 0 Å². The van der Waals surface area contributed by atoms with Crippen LogP contribution in [0.5, 0.6) is 0 Å². The topological polar surface area (TPSA) is 105 Å². The van der Waals surface area contributed by atoms with E-state index in [1.165, 1.54) is 12.1 Å². The Balaban J connectivity index is 3.20. The van der Waals surface area contributed by atoms with E-state index in [1.807, 2.05) is 0 Å². The van der Waals surface area contributed by atoms with Crippen molar-refractivity contribution in [2.45, 2.75) is 31.7 Å². The maximum atomic E-state index is 13.2. The van der Waals surface area contributed by atoms with Crippen molar-refractivity contribution >= 4 is 15.9 Å². The number of hydrogen-bond donors (Lipinski definition) is 3. The fraction of sp³-hybridized carbons (Fsp3) is 0.417. The molecule has 1 aromatic rings. The zero-order chi connectivity index (χ0) is 15.5. The summed E-state index contributed by atoms with van der Waals surface area (Å²) in [4.78, 5) is -0.172. The van der Waals surface area contributed by atoms with Gasteiger partial charge in [-0.2, -0.15) is 0 Å². The number of halogens is 1. The molecule has 0 aliphatic carbocycles. The molecule has 0 aliphatic rings. The molecule has 0 heterocycles. The number of sulfonamides is 1. The van der Waals surface area contributed by atoms with Gasteiger partial charge in [-0.3, -0.25) is 0 Å². The van der Waals surface area contributed by atoms with Gasteiger partial charge in [0.15, 0.2) is 5.84 Å². The highest BCUT2D eigenvalue weighted by molar-refractivity contribution is 7.89. The second-order valence-corrected chi connectivity index (χ2v) is 6.46. The summed E-state index contributed by atoms with van der Waals surface area (Å²) in [5, 5.41) is 11.5. The predicted molar refractivity (Wildman–Crippen MR) is 73.5 cm³/mol. The minimum atomic E-state index is -3.97. The molecule has 0 radical (unpaired) electrons. The highest BCUT2D eigenvalue weighted by Gasteiger charge is 2.27. The lowest BCUT2D eigenvalue weighted by atomic mass is 10.1. The summed E-state index contributed by atoms with van der Waals surface area (Å²) < 4.78 is 40.1. The molecule has 0 saturated heterocycles. The normalized spacial score (nSPS) is 14.6. The van der Waals surface area contributed by atoms with E-state index in [0.29, 0.717) is 5.56 Å². The smallest absolute Gasteiger partial charge is 0.241 e. The van der Waals surface area contributed by atoms with Gasteiger partial charge in [0.2, 0.25) is 10.0 Å². The maximum absolute atomic E-state index is 13.2. The zero-order valence-corrected chi connectivity index (χ0v) is 12.3. The van der Waals surface area contributed by atoms with E-state index in [1.54, 1.807) is 20.8 Å². The largest absolute Gasteiger partial charge is 0.409 e. The van der Waals surface area contributed by atoms with Crippen molar-refractivity contribution in [3.8, 4) is 0 Å². The molecule has 0 aliphatic heterocycles. The van der Waals surface area contributed by atoms with Crippen LogP contribution in [0.3, 0.4) is 0 Å². The van der Waals surface area contributed by atoms with Gasteiger partial charge >= 0.3 is 0 Å². The number of nitrogens with zero attached hydrogens (tertiary/aromatic N) is 1. The Morgan fingerprint density at radius 2 is 2.05 bits per heavy atom. The van der Waals surface area contributed by atoms with Crippen LogP contribution >= 0.6 is 0 Å². The highest BCUT2D eigenvalue weighted by Crippen LogP contribution is 2.17. The van der Waals surface area contributed by atoms with Gasteiger partial charge in [-0.05, 0) is 30.5 Å². The van der Waals surface area contributed by atoms with E-state index < -0.39 is 21.9 Å². The number of oxime groups is 1. The van der Waals surface area contributed by atoms with Gasteiger partial charge in [0.1, 0.15) is 5.82 Å². The molecule has 1 aromatic carbocycles. The molecular weight excluding hydrogens is 285 g/mol. The Kier molecular flexibility index (Phi) is 5.07. The van der Waals surface area contributed by atoms with Gasteiger partial charge in [-0.25, -0.2) is 17.5 Å². The maximum Gasteiger partial charge on any atom is 0.241 e. The molecule has 0 bridgehead atoms. The average molecular weight is 303 g/mol. The molecule has 0 spiro atoms. The molecule has 1 rings (SSSR count). The van der Waals surface area contributed by atoms with E-state index in [0.717, 1.165) is 6.07 Å². The molecule has 0 aromatic heterocycles. The van der Waals surface area contributed by atoms with Crippen LogP contribution in [0, 0.1) is 18.7 Å². The molecule has 112 valence electrons. The summed E-state index contributed by atoms with van der Waals surface area (Å²) >= 11 is 0. The predicted octanol–water partition coefficient (Wildman–Crippen LogP) is 1.18. The molecule has 8 heteroatoms. The van der Waals surface area contributed by atoms with Crippen LogP contribution in [-0.2, 0) is 10.0 Å². The summed E-state index contributed by atoms with van der Waals surface area (Å²) in [6.45, 7) is 4.98. The van der Waals surface area contributed by atoms with Gasteiger partial charge in [0.05, 0.1) is 10.9 Å². The lowest BCUT2D eigenvalue weighted by molar-refractivity contribution is 0.313. The molecule has 0 saturated carbocycles. The van der Waals surface area contributed by atoms with Crippen molar-refractivity contribution in [1.82, 2.24) is 4.72 Å². The highest BCUT2D eigenvalue weighted by atomic mass is 32.2. The lowest BCUT2D eigenvalue weighted by Gasteiger charge is -2.21. The molecule has 0 fully saturated rings. The Morgan fingerprint density at radius 1 is 1.45 bits per heavy atom. The number of nitrogens with one attached hydrogen (secondary N) is 1. The number of amidine groups is 1. The minimum absolute atomic E-state index is 0.172. The third-order valence-corrected chi connectivity index (χ3v) is 4.41. The van der Waals surface area contributed by atoms with Gasteiger partial charge in [-0.1, -0.05) is 25.1 Å². The van der Waals surface area contributed by atoms with Crippen molar-refractivity contribution in [1.29, 1.82) is 0 Å². The Labute approximate surface area is 117 Å². The Morgan fingerprint density at radius 3 is 2.55 bits per heavy atom. The monoisotopic (exact) mass is 303 g/mol. The van der Waals surface area contributed by atoms with Gasteiger partial charge in [0.25, 0.3) is 0 Å². The number of nitrogens with two attached hydrogens (primary N) is 1. The Bertz CT molecular complexity index is 614. The van der Waals surface area contributed by atoms with Crippen LogP contribution in [0.25, 0.3) is 0 Å². The van der Waals surface area contributed by atoms with Gasteiger partial charge < -0.3 is 10.9 Å². The summed E-state index contributed by atoms with van der Waals surface area (Å²) in [5.41, 5.74) is 5.87. The molecule has 20 heavy (non-hydrogen) atoms. The van der Waals surface area contributed by atoms with Crippen LogP contribution in [0.4, 0.5) is 4.39 Å². The number of benzene rings is 1.